The Morgan fingerprint density at radius 3 is 1.75 bits per heavy atom. The van der Waals surface area contributed by atoms with Crippen molar-refractivity contribution in [2.24, 2.45) is 5.34 Å². The number of rotatable bonds is 0. The maximum Gasteiger partial charge on any atom is 0.152 e. The summed E-state index contributed by atoms with van der Waals surface area (Å²) in [6.07, 6.45) is 0. The predicted octanol–water partition coefficient (Wildman–Crippen LogP) is 0.140. The fourth-order valence-electron chi connectivity index (χ4n) is 0. The van der Waals surface area contributed by atoms with Crippen molar-refractivity contribution in [2.45, 2.75) is 0 Å². The van der Waals surface area contributed by atoms with Crippen molar-refractivity contribution >= 4 is 0 Å². The third kappa shape index (κ3) is 1650. The summed E-state index contributed by atoms with van der Waals surface area (Å²) in [6, 6.07) is 0. The minimum atomic E-state index is 0. The van der Waals surface area contributed by atoms with Crippen LogP contribution in [-0.4, -0.2) is 5.21 Å². The summed E-state index contributed by atoms with van der Waals surface area (Å²) < 4.78 is 0. The molecule has 0 fully saturated rings. The van der Waals surface area contributed by atoms with Gasteiger partial charge >= 0.3 is 0 Å². The van der Waals surface area contributed by atoms with Gasteiger partial charge in [-0.05, 0) is 0 Å². The monoisotopic (exact) mass is 239 g/mol. The van der Waals surface area contributed by atoms with Gasteiger partial charge in [-0.2, -0.15) is 0 Å². The first kappa shape index (κ1) is 8.97. The van der Waals surface area contributed by atoms with E-state index in [2.05, 4.69) is 0 Å². The molecule has 0 saturated heterocycles. The van der Waals surface area contributed by atoms with E-state index in [1.165, 1.54) is 5.34 Å². The molecule has 0 atom stereocenters. The Hall–Kier alpha value is 0.0364. The summed E-state index contributed by atoms with van der Waals surface area (Å²) >= 11 is 0. The molecule has 4 heteroatoms. The number of hydrogen-bond donors (Lipinski definition) is 1. The van der Waals surface area contributed by atoms with Crippen LogP contribution in [0.5, 0.6) is 0 Å². The molecule has 0 aromatic heterocycles. The molecule has 0 rings (SSSR count). The van der Waals surface area contributed by atoms with Crippen LogP contribution in [0.1, 0.15) is 0 Å². The number of hydrogen-bond acceptors (Lipinski definition) is 2. The predicted molar refractivity (Wildman–Crippen MR) is 7.58 cm³/mol. The first-order valence-corrected chi connectivity index (χ1v) is 0.383. The minimum Gasteiger partial charge on any atom is -0.379 e. The van der Waals surface area contributed by atoms with Gasteiger partial charge < -0.3 is 5.21 Å². The Kier molecular flexibility index (Phi) is 26.3. The van der Waals surface area contributed by atoms with Crippen LogP contribution in [-0.2, 0) is 19.8 Å². The van der Waals surface area contributed by atoms with Gasteiger partial charge in [-0.15, -0.1) is 4.91 Å². The van der Waals surface area contributed by atoms with Gasteiger partial charge in [-0.25, -0.2) is 0 Å². The van der Waals surface area contributed by atoms with E-state index in [1.807, 2.05) is 0 Å². The van der Waals surface area contributed by atoms with Crippen molar-refractivity contribution in [1.29, 1.82) is 0 Å². The Bertz CT molecular complexity index is 13.5. The molecule has 0 unspecified atom stereocenters. The summed E-state index contributed by atoms with van der Waals surface area (Å²) in [5, 5.41) is 7.89. The maximum atomic E-state index is 8.11. The summed E-state index contributed by atoms with van der Waals surface area (Å²) in [4.78, 5) is 8.11. The van der Waals surface area contributed by atoms with Crippen LogP contribution in [0.15, 0.2) is 5.34 Å². The second kappa shape index (κ2) is 11.7. The second-order valence-corrected chi connectivity index (χ2v) is 0.0816. The van der Waals surface area contributed by atoms with E-state index in [1.54, 1.807) is 0 Å². The van der Waals surface area contributed by atoms with Crippen LogP contribution in [0.25, 0.3) is 0 Å². The van der Waals surface area contributed by atoms with E-state index < -0.39 is 0 Å². The van der Waals surface area contributed by atoms with Crippen molar-refractivity contribution in [3.63, 3.8) is 0 Å². The average molecular weight is 237 g/mol. The molecule has 0 aliphatic heterocycles. The normalized spacial score (nSPS) is 3.00. The Labute approximate surface area is 36.0 Å². The average Bonchev–Trinajstić information content (AvgIpc) is 0.918. The molecule has 4 heavy (non-hydrogen) atoms. The van der Waals surface area contributed by atoms with Gasteiger partial charge in [0.2, 0.25) is 0 Å². The molecule has 0 saturated carbocycles. The largest absolute Gasteiger partial charge is 0.379 e. The van der Waals surface area contributed by atoms with E-state index in [4.69, 9.17) is 10.1 Å². The van der Waals surface area contributed by atoms with E-state index >= 15 is 0 Å². The van der Waals surface area contributed by atoms with Crippen LogP contribution in [0.3, 0.4) is 0 Å². The van der Waals surface area contributed by atoms with Gasteiger partial charge in [0.05, 0.1) is 0 Å². The van der Waals surface area contributed by atoms with Gasteiger partial charge in [0.15, 0.2) is 5.34 Å². The molecule has 0 amide bonds. The zero-order valence-electron chi connectivity index (χ0n) is 1.66. The summed E-state index contributed by atoms with van der Waals surface area (Å²) in [7, 11) is 0. The van der Waals surface area contributed by atoms with Crippen molar-refractivity contribution in [3.8, 4) is 0 Å². The first-order chi connectivity index (χ1) is 1.41. The van der Waals surface area contributed by atoms with Crippen molar-refractivity contribution in [1.82, 2.24) is 0 Å². The Morgan fingerprint density at radius 1 is 1.75 bits per heavy atom. The smallest absolute Gasteiger partial charge is 0.152 e. The van der Waals surface area contributed by atoms with Gasteiger partial charge in [-0.1, -0.05) is 0 Å². The van der Waals surface area contributed by atoms with Gasteiger partial charge in [-0.3, -0.25) is 0 Å². The van der Waals surface area contributed by atoms with Crippen LogP contribution in [0.2, 0.25) is 0 Å². The third-order valence-electron chi connectivity index (χ3n) is 0. The summed E-state index contributed by atoms with van der Waals surface area (Å²) in [5.74, 6) is 0. The maximum absolute atomic E-state index is 8.11. The Morgan fingerprint density at radius 2 is 1.75 bits per heavy atom. The van der Waals surface area contributed by atoms with Crippen molar-refractivity contribution in [2.75, 3.05) is 0 Å². The first-order valence-electron chi connectivity index (χ1n) is 0.383. The third-order valence-corrected chi connectivity index (χ3v) is 0. The van der Waals surface area contributed by atoms with Crippen LogP contribution in [0, 0.1) is 4.91 Å². The molecule has 0 aromatic rings. The molecular weight excluding hydrogens is 236 g/mol. The fraction of sp³-hybridized carbons (Fsp3) is 0. The van der Waals surface area contributed by atoms with Gasteiger partial charge in [0, 0.05) is 19.8 Å². The summed E-state index contributed by atoms with van der Waals surface area (Å²) in [5.41, 5.74) is 0. The topological polar surface area (TPSA) is 49.7 Å². The van der Waals surface area contributed by atoms with Gasteiger partial charge in [0.25, 0.3) is 0 Å². The second-order valence-electron chi connectivity index (χ2n) is 0.0816. The standard InChI is InChI=1S/HNO2.Os/c2-1-3;/h(H,2,3);. The molecule has 0 aliphatic rings. The molecule has 3 nitrogen and oxygen atoms in total. The zero-order chi connectivity index (χ0) is 2.71. The van der Waals surface area contributed by atoms with Crippen molar-refractivity contribution < 1.29 is 25.0 Å². The molecule has 0 radical (unpaired) electrons. The molecule has 0 aliphatic carbocycles. The molecule has 0 heterocycles. The quantitative estimate of drug-likeness (QED) is 0.481. The number of nitrogens with zero attached hydrogens (tertiary/aromatic N) is 1. The Balaban J connectivity index is 0. The molecule has 0 aromatic carbocycles. The molecule has 0 bridgehead atoms. The van der Waals surface area contributed by atoms with Crippen LogP contribution < -0.4 is 0 Å². The van der Waals surface area contributed by atoms with E-state index in [-0.39, 0.29) is 19.8 Å². The zero-order valence-corrected chi connectivity index (χ0v) is 4.20. The van der Waals surface area contributed by atoms with E-state index in [9.17, 15) is 0 Å². The SMILES string of the molecule is O=NO.[Os]. The fourth-order valence-corrected chi connectivity index (χ4v) is 0. The molecular formula is HNO2Os. The minimum absolute atomic E-state index is 0. The van der Waals surface area contributed by atoms with Crippen LogP contribution in [0.4, 0.5) is 0 Å². The molecule has 26 valence electrons. The van der Waals surface area contributed by atoms with E-state index in [0.29, 0.717) is 0 Å². The van der Waals surface area contributed by atoms with Gasteiger partial charge in [0.1, 0.15) is 0 Å². The van der Waals surface area contributed by atoms with Crippen molar-refractivity contribution in [3.05, 3.63) is 4.91 Å². The molecule has 0 spiro atoms. The van der Waals surface area contributed by atoms with Crippen LogP contribution >= 0.6 is 0 Å². The molecule has 1 N–H and O–H groups in total. The van der Waals surface area contributed by atoms with E-state index in [0.717, 1.165) is 0 Å². The summed E-state index contributed by atoms with van der Waals surface area (Å²) in [6.45, 7) is 0.